The van der Waals surface area contributed by atoms with Crippen molar-refractivity contribution in [2.24, 2.45) is 11.3 Å². The second kappa shape index (κ2) is 3.51. The molecular formula is C11H16O4. The molecule has 84 valence electrons. The zero-order valence-electron chi connectivity index (χ0n) is 9.12. The summed E-state index contributed by atoms with van der Waals surface area (Å²) in [6.45, 7) is 2.09. The van der Waals surface area contributed by atoms with Crippen molar-refractivity contribution >= 4 is 11.9 Å². The molecular weight excluding hydrogens is 196 g/mol. The number of ether oxygens (including phenoxy) is 2. The molecule has 1 heterocycles. The lowest BCUT2D eigenvalue weighted by atomic mass is 10.0. The van der Waals surface area contributed by atoms with Crippen molar-refractivity contribution in [1.29, 1.82) is 0 Å². The van der Waals surface area contributed by atoms with E-state index in [2.05, 4.69) is 11.7 Å². The lowest BCUT2D eigenvalue weighted by Crippen LogP contribution is -2.25. The number of unbranched alkanes of at least 4 members (excludes halogenated alkanes) is 1. The Kier molecular flexibility index (Phi) is 2.44. The van der Waals surface area contributed by atoms with Gasteiger partial charge in [0.1, 0.15) is 6.10 Å². The summed E-state index contributed by atoms with van der Waals surface area (Å²) in [4.78, 5) is 23.1. The Morgan fingerprint density at radius 2 is 2.40 bits per heavy atom. The second-order valence-corrected chi connectivity index (χ2v) is 4.36. The van der Waals surface area contributed by atoms with Gasteiger partial charge in [0.05, 0.1) is 7.11 Å². The summed E-state index contributed by atoms with van der Waals surface area (Å²) in [5, 5.41) is 0. The van der Waals surface area contributed by atoms with Crippen LogP contribution in [0.3, 0.4) is 0 Å². The summed E-state index contributed by atoms with van der Waals surface area (Å²) >= 11 is 0. The first-order chi connectivity index (χ1) is 7.16. The fraction of sp³-hybridized carbons (Fsp3) is 0.818. The summed E-state index contributed by atoms with van der Waals surface area (Å²) < 4.78 is 9.87. The van der Waals surface area contributed by atoms with E-state index in [4.69, 9.17) is 4.74 Å². The summed E-state index contributed by atoms with van der Waals surface area (Å²) in [5.74, 6) is -0.721. The predicted molar refractivity (Wildman–Crippen MR) is 52.0 cm³/mol. The Hall–Kier alpha value is -1.06. The van der Waals surface area contributed by atoms with E-state index in [1.807, 2.05) is 0 Å². The number of cyclic esters (lactones) is 1. The highest BCUT2D eigenvalue weighted by Gasteiger charge is 2.75. The lowest BCUT2D eigenvalue weighted by Gasteiger charge is -2.10. The minimum absolute atomic E-state index is 0.0588. The van der Waals surface area contributed by atoms with E-state index in [1.54, 1.807) is 0 Å². The van der Waals surface area contributed by atoms with Crippen molar-refractivity contribution in [3.05, 3.63) is 0 Å². The van der Waals surface area contributed by atoms with Crippen LogP contribution in [0.25, 0.3) is 0 Å². The van der Waals surface area contributed by atoms with Crippen molar-refractivity contribution in [2.75, 3.05) is 7.11 Å². The van der Waals surface area contributed by atoms with Crippen LogP contribution in [0.1, 0.15) is 32.6 Å². The Morgan fingerprint density at radius 1 is 1.67 bits per heavy atom. The first-order valence-corrected chi connectivity index (χ1v) is 5.46. The number of methoxy groups -OCH3 is 1. The molecule has 0 N–H and O–H groups in total. The van der Waals surface area contributed by atoms with Gasteiger partial charge in [-0.2, -0.15) is 0 Å². The summed E-state index contributed by atoms with van der Waals surface area (Å²) in [7, 11) is 1.32. The molecule has 1 aliphatic heterocycles. The first kappa shape index (κ1) is 10.5. The predicted octanol–water partition coefficient (Wildman–Crippen LogP) is 1.28. The van der Waals surface area contributed by atoms with Crippen LogP contribution in [0.15, 0.2) is 0 Å². The van der Waals surface area contributed by atoms with Crippen molar-refractivity contribution in [1.82, 2.24) is 0 Å². The monoisotopic (exact) mass is 212 g/mol. The normalized spacial score (nSPS) is 37.1. The van der Waals surface area contributed by atoms with Crippen molar-refractivity contribution < 1.29 is 19.1 Å². The summed E-state index contributed by atoms with van der Waals surface area (Å²) in [6.07, 6.45) is 3.53. The number of carbonyl (C=O) groups excluding carboxylic acids is 2. The van der Waals surface area contributed by atoms with Crippen LogP contribution in [0.4, 0.5) is 0 Å². The highest BCUT2D eigenvalue weighted by Crippen LogP contribution is 2.62. The minimum Gasteiger partial charge on any atom is -0.468 e. The summed E-state index contributed by atoms with van der Waals surface area (Å²) in [5.41, 5.74) is -0.923. The Balaban J connectivity index is 2.03. The molecule has 3 unspecified atom stereocenters. The van der Waals surface area contributed by atoms with E-state index >= 15 is 0 Å². The molecule has 2 rings (SSSR count). The number of fused-ring (bicyclic) bond motifs is 1. The smallest absolute Gasteiger partial charge is 0.324 e. The molecule has 1 saturated carbocycles. The van der Waals surface area contributed by atoms with E-state index < -0.39 is 11.4 Å². The fourth-order valence-electron chi connectivity index (χ4n) is 2.46. The van der Waals surface area contributed by atoms with E-state index in [0.717, 1.165) is 19.3 Å². The molecule has 2 fully saturated rings. The van der Waals surface area contributed by atoms with E-state index in [9.17, 15) is 9.59 Å². The number of esters is 2. The largest absolute Gasteiger partial charge is 0.468 e. The number of rotatable bonds is 4. The molecule has 0 bridgehead atoms. The lowest BCUT2D eigenvalue weighted by molar-refractivity contribution is -0.159. The number of carbonyl (C=O) groups is 2. The van der Waals surface area contributed by atoms with E-state index in [0.29, 0.717) is 6.42 Å². The third-order valence-electron chi connectivity index (χ3n) is 3.48. The molecule has 0 amide bonds. The number of hydrogen-bond donors (Lipinski definition) is 0. The highest BCUT2D eigenvalue weighted by atomic mass is 16.6. The minimum atomic E-state index is -0.923. The third-order valence-corrected chi connectivity index (χ3v) is 3.48. The molecule has 0 aromatic rings. The van der Waals surface area contributed by atoms with Crippen molar-refractivity contribution in [3.63, 3.8) is 0 Å². The van der Waals surface area contributed by atoms with Gasteiger partial charge in [-0.15, -0.1) is 0 Å². The molecule has 4 nitrogen and oxygen atoms in total. The van der Waals surface area contributed by atoms with Crippen molar-refractivity contribution in [2.45, 2.75) is 38.7 Å². The molecule has 0 spiro atoms. The van der Waals surface area contributed by atoms with Gasteiger partial charge in [0.2, 0.25) is 0 Å². The zero-order chi connectivity index (χ0) is 11.1. The summed E-state index contributed by atoms with van der Waals surface area (Å²) in [6, 6.07) is 0. The number of hydrogen-bond acceptors (Lipinski definition) is 4. The maximum atomic E-state index is 11.6. The molecule has 1 saturated heterocycles. The Labute approximate surface area is 88.9 Å². The van der Waals surface area contributed by atoms with Crippen LogP contribution in [0.2, 0.25) is 0 Å². The highest BCUT2D eigenvalue weighted by molar-refractivity contribution is 6.05. The van der Waals surface area contributed by atoms with E-state index in [1.165, 1.54) is 7.11 Å². The molecule has 0 aromatic carbocycles. The standard InChI is InChI=1S/C11H16O4/c1-3-4-5-8-7-6-11(7,9(12)14-2)10(13)15-8/h7-8H,3-6H2,1-2H3. The van der Waals surface area contributed by atoms with Crippen LogP contribution in [0.5, 0.6) is 0 Å². The van der Waals surface area contributed by atoms with Gasteiger partial charge in [-0.1, -0.05) is 19.8 Å². The topological polar surface area (TPSA) is 52.6 Å². The first-order valence-electron chi connectivity index (χ1n) is 5.46. The van der Waals surface area contributed by atoms with Gasteiger partial charge < -0.3 is 9.47 Å². The second-order valence-electron chi connectivity index (χ2n) is 4.36. The van der Waals surface area contributed by atoms with E-state index in [-0.39, 0.29) is 18.0 Å². The van der Waals surface area contributed by atoms with Crippen LogP contribution in [0, 0.1) is 11.3 Å². The fourth-order valence-corrected chi connectivity index (χ4v) is 2.46. The molecule has 4 heteroatoms. The van der Waals surface area contributed by atoms with Gasteiger partial charge >= 0.3 is 11.9 Å². The van der Waals surface area contributed by atoms with Crippen LogP contribution >= 0.6 is 0 Å². The molecule has 15 heavy (non-hydrogen) atoms. The average Bonchev–Trinajstić information content (AvgIpc) is 2.93. The average molecular weight is 212 g/mol. The molecule has 2 aliphatic rings. The SMILES string of the molecule is CCCCC1OC(=O)C2(C(=O)OC)CC12. The maximum Gasteiger partial charge on any atom is 0.324 e. The Bertz CT molecular complexity index is 299. The quantitative estimate of drug-likeness (QED) is 0.520. The van der Waals surface area contributed by atoms with Crippen LogP contribution in [-0.4, -0.2) is 25.2 Å². The van der Waals surface area contributed by atoms with Gasteiger partial charge in [-0.25, -0.2) is 0 Å². The molecule has 3 atom stereocenters. The van der Waals surface area contributed by atoms with Gasteiger partial charge in [-0.05, 0) is 12.8 Å². The molecule has 0 radical (unpaired) electrons. The molecule has 0 aromatic heterocycles. The van der Waals surface area contributed by atoms with Gasteiger partial charge in [0, 0.05) is 5.92 Å². The van der Waals surface area contributed by atoms with Gasteiger partial charge in [-0.3, -0.25) is 9.59 Å². The Morgan fingerprint density at radius 3 is 2.93 bits per heavy atom. The van der Waals surface area contributed by atoms with Crippen LogP contribution < -0.4 is 0 Å². The third kappa shape index (κ3) is 1.34. The zero-order valence-corrected chi connectivity index (χ0v) is 9.12. The van der Waals surface area contributed by atoms with Crippen LogP contribution in [-0.2, 0) is 19.1 Å². The van der Waals surface area contributed by atoms with Gasteiger partial charge in [0.25, 0.3) is 0 Å². The maximum absolute atomic E-state index is 11.6. The van der Waals surface area contributed by atoms with Crippen molar-refractivity contribution in [3.8, 4) is 0 Å². The molecule has 1 aliphatic carbocycles. The van der Waals surface area contributed by atoms with Gasteiger partial charge in [0.15, 0.2) is 5.41 Å².